The second kappa shape index (κ2) is 4.96. The van der Waals surface area contributed by atoms with Crippen molar-refractivity contribution in [3.63, 3.8) is 0 Å². The third kappa shape index (κ3) is 3.48. The Morgan fingerprint density at radius 1 is 1.47 bits per heavy atom. The zero-order valence-corrected chi connectivity index (χ0v) is 9.83. The van der Waals surface area contributed by atoms with Gasteiger partial charge in [-0.15, -0.1) is 11.3 Å². The molecular formula is C10H13ClN2OS. The molecule has 1 heterocycles. The van der Waals surface area contributed by atoms with Crippen LogP contribution in [-0.2, 0) is 0 Å². The molecule has 0 radical (unpaired) electrons. The first kappa shape index (κ1) is 10.9. The highest BCUT2D eigenvalue weighted by Gasteiger charge is 2.19. The van der Waals surface area contributed by atoms with Gasteiger partial charge in [-0.3, -0.25) is 4.79 Å². The largest absolute Gasteiger partial charge is 0.350 e. The average Bonchev–Trinajstić information content (AvgIpc) is 2.94. The third-order valence-electron chi connectivity index (χ3n) is 2.22. The summed E-state index contributed by atoms with van der Waals surface area (Å²) in [5, 5.41) is 6.18. The molecule has 15 heavy (non-hydrogen) atoms. The van der Waals surface area contributed by atoms with Gasteiger partial charge in [0.15, 0.2) is 0 Å². The smallest absolute Gasteiger partial charge is 0.261 e. The van der Waals surface area contributed by atoms with E-state index in [2.05, 4.69) is 10.6 Å². The lowest BCUT2D eigenvalue weighted by Crippen LogP contribution is -2.32. The molecule has 0 spiro atoms. The van der Waals surface area contributed by atoms with E-state index in [0.717, 1.165) is 6.54 Å². The molecule has 0 saturated heterocycles. The van der Waals surface area contributed by atoms with Crippen molar-refractivity contribution in [2.45, 2.75) is 18.9 Å². The van der Waals surface area contributed by atoms with Gasteiger partial charge in [0.25, 0.3) is 5.91 Å². The van der Waals surface area contributed by atoms with Crippen LogP contribution in [0.2, 0.25) is 4.34 Å². The van der Waals surface area contributed by atoms with Crippen LogP contribution in [0.1, 0.15) is 22.5 Å². The summed E-state index contributed by atoms with van der Waals surface area (Å²) in [5.74, 6) is -0.0375. The Balaban J connectivity index is 1.67. The minimum absolute atomic E-state index is 0.0375. The number of halogens is 1. The van der Waals surface area contributed by atoms with Gasteiger partial charge in [-0.2, -0.15) is 0 Å². The number of nitrogens with one attached hydrogen (secondary N) is 2. The highest BCUT2D eigenvalue weighted by Crippen LogP contribution is 2.21. The summed E-state index contributed by atoms with van der Waals surface area (Å²) in [6, 6.07) is 4.18. The summed E-state index contributed by atoms with van der Waals surface area (Å²) in [4.78, 5) is 12.2. The molecule has 1 aliphatic rings. The Hall–Kier alpha value is -0.580. The van der Waals surface area contributed by atoms with Gasteiger partial charge in [0.2, 0.25) is 0 Å². The maximum Gasteiger partial charge on any atom is 0.261 e. The zero-order chi connectivity index (χ0) is 10.7. The van der Waals surface area contributed by atoms with Crippen LogP contribution in [0.3, 0.4) is 0 Å². The van der Waals surface area contributed by atoms with E-state index in [0.29, 0.717) is 21.8 Å². The van der Waals surface area contributed by atoms with Crippen molar-refractivity contribution in [1.29, 1.82) is 0 Å². The van der Waals surface area contributed by atoms with Crippen molar-refractivity contribution in [2.24, 2.45) is 0 Å². The van der Waals surface area contributed by atoms with Crippen LogP contribution in [0.15, 0.2) is 12.1 Å². The molecule has 3 nitrogen and oxygen atoms in total. The maximum absolute atomic E-state index is 11.5. The monoisotopic (exact) mass is 244 g/mol. The minimum Gasteiger partial charge on any atom is -0.350 e. The van der Waals surface area contributed by atoms with Crippen LogP contribution in [0.5, 0.6) is 0 Å². The van der Waals surface area contributed by atoms with Gasteiger partial charge in [0.05, 0.1) is 9.21 Å². The van der Waals surface area contributed by atoms with Crippen molar-refractivity contribution in [3.8, 4) is 0 Å². The Morgan fingerprint density at radius 2 is 2.27 bits per heavy atom. The quantitative estimate of drug-likeness (QED) is 0.777. The van der Waals surface area contributed by atoms with Gasteiger partial charge < -0.3 is 10.6 Å². The molecule has 0 aromatic carbocycles. The van der Waals surface area contributed by atoms with Crippen molar-refractivity contribution >= 4 is 28.8 Å². The molecule has 5 heteroatoms. The highest BCUT2D eigenvalue weighted by atomic mass is 35.5. The normalized spacial score (nSPS) is 15.3. The second-order valence-electron chi connectivity index (χ2n) is 3.59. The summed E-state index contributed by atoms with van der Waals surface area (Å²) >= 11 is 7.05. The molecule has 2 N–H and O–H groups in total. The van der Waals surface area contributed by atoms with E-state index in [1.165, 1.54) is 24.2 Å². The predicted octanol–water partition coefficient (Wildman–Crippen LogP) is 1.88. The Bertz CT molecular complexity index is 349. The molecule has 2 rings (SSSR count). The van der Waals surface area contributed by atoms with Crippen LogP contribution in [0.25, 0.3) is 0 Å². The van der Waals surface area contributed by atoms with Gasteiger partial charge in [0.1, 0.15) is 0 Å². The molecule has 0 bridgehead atoms. The summed E-state index contributed by atoms with van der Waals surface area (Å²) in [6.45, 7) is 1.51. The second-order valence-corrected chi connectivity index (χ2v) is 5.30. The molecular weight excluding hydrogens is 232 g/mol. The van der Waals surface area contributed by atoms with Crippen LogP contribution < -0.4 is 10.6 Å². The van der Waals surface area contributed by atoms with E-state index in [1.54, 1.807) is 12.1 Å². The van der Waals surface area contributed by atoms with Crippen LogP contribution in [0, 0.1) is 0 Å². The van der Waals surface area contributed by atoms with Crippen molar-refractivity contribution in [3.05, 3.63) is 21.3 Å². The van der Waals surface area contributed by atoms with Crippen molar-refractivity contribution < 1.29 is 4.79 Å². The lowest BCUT2D eigenvalue weighted by Gasteiger charge is -2.04. The van der Waals surface area contributed by atoms with Crippen LogP contribution in [-0.4, -0.2) is 25.0 Å². The molecule has 1 aromatic heterocycles. The molecule has 1 aliphatic carbocycles. The standard InChI is InChI=1S/C10H13ClN2OS/c11-9-4-3-8(15-9)10(14)13-6-5-12-7-1-2-7/h3-4,7,12H,1-2,5-6H2,(H,13,14). The van der Waals surface area contributed by atoms with Gasteiger partial charge in [-0.25, -0.2) is 0 Å². The first-order valence-electron chi connectivity index (χ1n) is 5.02. The summed E-state index contributed by atoms with van der Waals surface area (Å²) < 4.78 is 0.649. The topological polar surface area (TPSA) is 41.1 Å². The summed E-state index contributed by atoms with van der Waals surface area (Å²) in [7, 11) is 0. The van der Waals surface area contributed by atoms with E-state index in [-0.39, 0.29) is 5.91 Å². The summed E-state index contributed by atoms with van der Waals surface area (Å²) in [6.07, 6.45) is 2.54. The fourth-order valence-electron chi connectivity index (χ4n) is 1.26. The van der Waals surface area contributed by atoms with Gasteiger partial charge >= 0.3 is 0 Å². The molecule has 0 aliphatic heterocycles. The number of thiophene rings is 1. The van der Waals surface area contributed by atoms with Gasteiger partial charge in [0, 0.05) is 19.1 Å². The molecule has 82 valence electrons. The molecule has 1 amide bonds. The van der Waals surface area contributed by atoms with Gasteiger partial charge in [-0.05, 0) is 25.0 Å². The summed E-state index contributed by atoms with van der Waals surface area (Å²) in [5.41, 5.74) is 0. The van der Waals surface area contributed by atoms with E-state index in [4.69, 9.17) is 11.6 Å². The Labute approximate surface area is 97.8 Å². The number of carbonyl (C=O) groups is 1. The maximum atomic E-state index is 11.5. The first-order chi connectivity index (χ1) is 7.25. The Morgan fingerprint density at radius 3 is 2.87 bits per heavy atom. The Kier molecular flexibility index (Phi) is 3.61. The third-order valence-corrected chi connectivity index (χ3v) is 3.45. The average molecular weight is 245 g/mol. The number of amides is 1. The SMILES string of the molecule is O=C(NCCNC1CC1)c1ccc(Cl)s1. The fourth-order valence-corrected chi connectivity index (χ4v) is 2.22. The predicted molar refractivity (Wildman–Crippen MR) is 62.7 cm³/mol. The number of hydrogen-bond acceptors (Lipinski definition) is 3. The number of rotatable bonds is 5. The number of hydrogen-bond donors (Lipinski definition) is 2. The molecule has 1 saturated carbocycles. The highest BCUT2D eigenvalue weighted by molar-refractivity contribution is 7.17. The van der Waals surface area contributed by atoms with E-state index < -0.39 is 0 Å². The van der Waals surface area contributed by atoms with E-state index in [1.807, 2.05) is 0 Å². The molecule has 0 unspecified atom stereocenters. The lowest BCUT2D eigenvalue weighted by atomic mass is 10.4. The molecule has 0 atom stereocenters. The van der Waals surface area contributed by atoms with Crippen molar-refractivity contribution in [2.75, 3.05) is 13.1 Å². The lowest BCUT2D eigenvalue weighted by molar-refractivity contribution is 0.0958. The van der Waals surface area contributed by atoms with Crippen molar-refractivity contribution in [1.82, 2.24) is 10.6 Å². The minimum atomic E-state index is -0.0375. The molecule has 1 fully saturated rings. The first-order valence-corrected chi connectivity index (χ1v) is 6.22. The van der Waals surface area contributed by atoms with E-state index >= 15 is 0 Å². The molecule has 1 aromatic rings. The van der Waals surface area contributed by atoms with Gasteiger partial charge in [-0.1, -0.05) is 11.6 Å². The van der Waals surface area contributed by atoms with Crippen LogP contribution >= 0.6 is 22.9 Å². The van der Waals surface area contributed by atoms with Crippen LogP contribution in [0.4, 0.5) is 0 Å². The number of carbonyl (C=O) groups excluding carboxylic acids is 1. The van der Waals surface area contributed by atoms with E-state index in [9.17, 15) is 4.79 Å². The zero-order valence-electron chi connectivity index (χ0n) is 8.25. The fraction of sp³-hybridized carbons (Fsp3) is 0.500.